The highest BCUT2D eigenvalue weighted by Gasteiger charge is 2.24. The molecule has 2 aromatic rings. The molecule has 0 atom stereocenters. The quantitative estimate of drug-likeness (QED) is 0.791. The summed E-state index contributed by atoms with van der Waals surface area (Å²) in [4.78, 5) is 20.3. The lowest BCUT2D eigenvalue weighted by atomic mass is 10.1. The van der Waals surface area contributed by atoms with Gasteiger partial charge in [-0.25, -0.2) is 9.37 Å². The number of hydrogen-bond donors (Lipinski definition) is 1. The summed E-state index contributed by atoms with van der Waals surface area (Å²) in [6.45, 7) is 1.44. The molecule has 2 heterocycles. The Labute approximate surface area is 91.1 Å². The Bertz CT molecular complexity index is 559. The Morgan fingerprint density at radius 3 is 2.94 bits per heavy atom. The number of carbonyl (C=O) groups is 1. The number of carbonyl (C=O) groups excluding carboxylic acids is 1. The van der Waals surface area contributed by atoms with Gasteiger partial charge in [-0.05, 0) is 12.5 Å². The van der Waals surface area contributed by atoms with Gasteiger partial charge in [0.25, 0.3) is 5.91 Å². The van der Waals surface area contributed by atoms with Crippen LogP contribution in [0.1, 0.15) is 16.8 Å². The molecule has 0 saturated carbocycles. The van der Waals surface area contributed by atoms with Crippen LogP contribution in [-0.2, 0) is 0 Å². The second-order valence-electron chi connectivity index (χ2n) is 3.90. The van der Waals surface area contributed by atoms with Crippen LogP contribution in [0, 0.1) is 5.82 Å². The van der Waals surface area contributed by atoms with Gasteiger partial charge in [-0.2, -0.15) is 0 Å². The molecule has 1 fully saturated rings. The summed E-state index contributed by atoms with van der Waals surface area (Å²) in [5, 5.41) is 0. The van der Waals surface area contributed by atoms with Gasteiger partial charge in [0.15, 0.2) is 0 Å². The van der Waals surface area contributed by atoms with Crippen molar-refractivity contribution in [1.29, 1.82) is 0 Å². The number of amides is 1. The molecule has 3 rings (SSSR count). The molecule has 1 aliphatic rings. The first-order chi connectivity index (χ1) is 7.75. The number of rotatable bonds is 1. The van der Waals surface area contributed by atoms with Crippen molar-refractivity contribution >= 4 is 16.9 Å². The van der Waals surface area contributed by atoms with Gasteiger partial charge in [0, 0.05) is 19.2 Å². The van der Waals surface area contributed by atoms with Crippen LogP contribution in [-0.4, -0.2) is 33.9 Å². The molecule has 0 radical (unpaired) electrons. The lowest BCUT2D eigenvalue weighted by Gasteiger charge is -2.30. The first kappa shape index (κ1) is 9.33. The Hall–Kier alpha value is -1.91. The van der Waals surface area contributed by atoms with Crippen LogP contribution in [0.3, 0.4) is 0 Å². The summed E-state index contributed by atoms with van der Waals surface area (Å²) in [6, 6.07) is 2.82. The largest absolute Gasteiger partial charge is 0.345 e. The average Bonchev–Trinajstić information content (AvgIpc) is 2.60. The maximum atomic E-state index is 13.7. The van der Waals surface area contributed by atoms with Gasteiger partial charge in [-0.15, -0.1) is 0 Å². The van der Waals surface area contributed by atoms with E-state index in [1.807, 2.05) is 0 Å². The fourth-order valence-corrected chi connectivity index (χ4v) is 1.81. The molecule has 1 N–H and O–H groups in total. The van der Waals surface area contributed by atoms with Crippen LogP contribution in [0.15, 0.2) is 18.5 Å². The predicted octanol–water partition coefficient (Wildman–Crippen LogP) is 1.55. The van der Waals surface area contributed by atoms with Crippen LogP contribution in [0.25, 0.3) is 11.0 Å². The van der Waals surface area contributed by atoms with E-state index in [4.69, 9.17) is 0 Å². The molecule has 1 aliphatic heterocycles. The van der Waals surface area contributed by atoms with E-state index in [0.29, 0.717) is 11.0 Å². The molecule has 82 valence electrons. The van der Waals surface area contributed by atoms with Crippen molar-refractivity contribution in [2.24, 2.45) is 0 Å². The zero-order chi connectivity index (χ0) is 11.1. The third-order valence-electron chi connectivity index (χ3n) is 2.88. The van der Waals surface area contributed by atoms with Crippen LogP contribution in [0.5, 0.6) is 0 Å². The van der Waals surface area contributed by atoms with Crippen LogP contribution < -0.4 is 0 Å². The van der Waals surface area contributed by atoms with Crippen molar-refractivity contribution in [2.45, 2.75) is 6.42 Å². The zero-order valence-electron chi connectivity index (χ0n) is 8.53. The van der Waals surface area contributed by atoms with Crippen molar-refractivity contribution < 1.29 is 9.18 Å². The monoisotopic (exact) mass is 219 g/mol. The minimum absolute atomic E-state index is 0.110. The molecular formula is C11H10FN3O. The molecule has 0 aliphatic carbocycles. The van der Waals surface area contributed by atoms with Crippen molar-refractivity contribution in [1.82, 2.24) is 14.9 Å². The smallest absolute Gasteiger partial charge is 0.256 e. The number of H-pyrrole nitrogens is 1. The van der Waals surface area contributed by atoms with E-state index >= 15 is 0 Å². The Kier molecular flexibility index (Phi) is 1.92. The summed E-state index contributed by atoms with van der Waals surface area (Å²) in [6.07, 6.45) is 2.49. The number of aromatic amines is 1. The Morgan fingerprint density at radius 2 is 2.25 bits per heavy atom. The molecule has 16 heavy (non-hydrogen) atoms. The number of nitrogens with zero attached hydrogens (tertiary/aromatic N) is 2. The third-order valence-corrected chi connectivity index (χ3v) is 2.88. The molecule has 0 unspecified atom stereocenters. The highest BCUT2D eigenvalue weighted by atomic mass is 19.1. The number of fused-ring (bicyclic) bond motifs is 1. The molecule has 0 spiro atoms. The first-order valence-electron chi connectivity index (χ1n) is 5.17. The first-order valence-corrected chi connectivity index (χ1v) is 5.17. The van der Waals surface area contributed by atoms with E-state index in [-0.39, 0.29) is 11.5 Å². The number of hydrogen-bond acceptors (Lipinski definition) is 2. The molecule has 0 bridgehead atoms. The maximum Gasteiger partial charge on any atom is 0.256 e. The van der Waals surface area contributed by atoms with Crippen LogP contribution >= 0.6 is 0 Å². The second kappa shape index (κ2) is 3.30. The molecular weight excluding hydrogens is 209 g/mol. The molecule has 1 saturated heterocycles. The second-order valence-corrected chi connectivity index (χ2v) is 3.90. The normalized spacial score (nSPS) is 15.2. The van der Waals surface area contributed by atoms with Gasteiger partial charge in [-0.1, -0.05) is 0 Å². The van der Waals surface area contributed by atoms with Gasteiger partial charge in [0.05, 0.1) is 22.9 Å². The number of nitrogens with one attached hydrogen (secondary N) is 1. The molecule has 1 amide bonds. The lowest BCUT2D eigenvalue weighted by Crippen LogP contribution is -2.42. The minimum atomic E-state index is -0.492. The standard InChI is InChI=1S/C11H10FN3O/c12-8-5-10-9(13-6-14-10)4-7(8)11(16)15-2-1-3-15/h4-6H,1-3H2,(H,13,14). The average molecular weight is 219 g/mol. The molecule has 1 aromatic heterocycles. The van der Waals surface area contributed by atoms with E-state index in [0.717, 1.165) is 19.5 Å². The SMILES string of the molecule is O=C(c1cc2nc[nH]c2cc1F)N1CCC1. The van der Waals surface area contributed by atoms with Crippen molar-refractivity contribution in [3.8, 4) is 0 Å². The maximum absolute atomic E-state index is 13.7. The number of aromatic nitrogens is 2. The molecule has 4 nitrogen and oxygen atoms in total. The van der Waals surface area contributed by atoms with Crippen LogP contribution in [0.4, 0.5) is 4.39 Å². The van der Waals surface area contributed by atoms with Gasteiger partial charge in [0.2, 0.25) is 0 Å². The van der Waals surface area contributed by atoms with E-state index < -0.39 is 5.82 Å². The highest BCUT2D eigenvalue weighted by Crippen LogP contribution is 2.19. The Balaban J connectivity index is 2.07. The summed E-state index contributed by atoms with van der Waals surface area (Å²) in [5.41, 5.74) is 1.34. The highest BCUT2D eigenvalue weighted by molar-refractivity contribution is 5.98. The Morgan fingerprint density at radius 1 is 1.44 bits per heavy atom. The lowest BCUT2D eigenvalue weighted by molar-refractivity contribution is 0.0647. The molecule has 5 heteroatoms. The van der Waals surface area contributed by atoms with Crippen molar-refractivity contribution in [3.63, 3.8) is 0 Å². The number of likely N-dealkylation sites (tertiary alicyclic amines) is 1. The van der Waals surface area contributed by atoms with E-state index in [1.54, 1.807) is 4.90 Å². The number of benzene rings is 1. The van der Waals surface area contributed by atoms with Gasteiger partial charge in [-0.3, -0.25) is 4.79 Å². The van der Waals surface area contributed by atoms with Crippen LogP contribution in [0.2, 0.25) is 0 Å². The van der Waals surface area contributed by atoms with Gasteiger partial charge in [0.1, 0.15) is 5.82 Å². The summed E-state index contributed by atoms with van der Waals surface area (Å²) in [5.74, 6) is -0.734. The molecule has 1 aromatic carbocycles. The zero-order valence-corrected chi connectivity index (χ0v) is 8.53. The summed E-state index contributed by atoms with van der Waals surface area (Å²) in [7, 11) is 0. The van der Waals surface area contributed by atoms with Gasteiger partial charge >= 0.3 is 0 Å². The fraction of sp³-hybridized carbons (Fsp3) is 0.273. The number of imidazole rings is 1. The van der Waals surface area contributed by atoms with Crippen molar-refractivity contribution in [3.05, 3.63) is 29.8 Å². The third kappa shape index (κ3) is 1.28. The number of halogens is 1. The topological polar surface area (TPSA) is 49.0 Å². The van der Waals surface area contributed by atoms with E-state index in [2.05, 4.69) is 9.97 Å². The summed E-state index contributed by atoms with van der Waals surface area (Å²) >= 11 is 0. The summed E-state index contributed by atoms with van der Waals surface area (Å²) < 4.78 is 13.7. The van der Waals surface area contributed by atoms with E-state index in [1.165, 1.54) is 18.5 Å². The van der Waals surface area contributed by atoms with Gasteiger partial charge < -0.3 is 9.88 Å². The van der Waals surface area contributed by atoms with E-state index in [9.17, 15) is 9.18 Å². The predicted molar refractivity (Wildman–Crippen MR) is 56.6 cm³/mol. The fourth-order valence-electron chi connectivity index (χ4n) is 1.81. The van der Waals surface area contributed by atoms with Crippen molar-refractivity contribution in [2.75, 3.05) is 13.1 Å². The minimum Gasteiger partial charge on any atom is -0.345 e.